The molecule has 6 heteroatoms. The molecule has 186 valence electrons. The van der Waals surface area contributed by atoms with Crippen LogP contribution in [0.2, 0.25) is 0 Å². The van der Waals surface area contributed by atoms with Crippen molar-refractivity contribution < 1.29 is 19.1 Å². The summed E-state index contributed by atoms with van der Waals surface area (Å²) in [5, 5.41) is 0. The fourth-order valence-corrected chi connectivity index (χ4v) is 5.89. The summed E-state index contributed by atoms with van der Waals surface area (Å²) in [5.74, 6) is -0.293. The number of allylic oxidation sites excluding steroid dienone is 2. The molecule has 4 unspecified atom stereocenters. The van der Waals surface area contributed by atoms with Crippen molar-refractivity contribution in [3.8, 4) is 5.75 Å². The smallest absolute Gasteiger partial charge is 0.247 e. The van der Waals surface area contributed by atoms with Gasteiger partial charge in [-0.2, -0.15) is 0 Å². The van der Waals surface area contributed by atoms with Crippen molar-refractivity contribution in [2.24, 2.45) is 23.7 Å². The predicted octanol–water partition coefficient (Wildman–Crippen LogP) is 4.61. The average molecular weight is 493 g/mol. The summed E-state index contributed by atoms with van der Waals surface area (Å²) < 4.78 is 5.89. The second kappa shape index (κ2) is 9.69. The van der Waals surface area contributed by atoms with Crippen LogP contribution in [0, 0.1) is 23.7 Å². The Labute approximate surface area is 216 Å². The Morgan fingerprint density at radius 2 is 1.38 bits per heavy atom. The Hall–Kier alpha value is -4.19. The van der Waals surface area contributed by atoms with Crippen molar-refractivity contribution in [1.82, 2.24) is 4.90 Å². The molecule has 3 aliphatic rings. The molecule has 6 nitrogen and oxygen atoms in total. The molecular formula is C31H28N2O4. The Balaban J connectivity index is 1.16. The summed E-state index contributed by atoms with van der Waals surface area (Å²) in [4.78, 5) is 42.7. The van der Waals surface area contributed by atoms with Gasteiger partial charge in [0.2, 0.25) is 17.7 Å². The molecule has 4 atom stereocenters. The number of likely N-dealkylation sites (tertiary alicyclic amines) is 1. The van der Waals surface area contributed by atoms with Gasteiger partial charge >= 0.3 is 0 Å². The molecule has 1 saturated carbocycles. The minimum Gasteiger partial charge on any atom is -0.489 e. The highest BCUT2D eigenvalue weighted by Gasteiger charge is 2.59. The maximum Gasteiger partial charge on any atom is 0.247 e. The first-order valence-corrected chi connectivity index (χ1v) is 12.7. The van der Waals surface area contributed by atoms with Gasteiger partial charge in [-0.15, -0.1) is 0 Å². The van der Waals surface area contributed by atoms with Gasteiger partial charge in [-0.05, 0) is 53.6 Å². The second-order valence-electron chi connectivity index (χ2n) is 10.00. The molecule has 6 rings (SSSR count). The lowest BCUT2D eigenvalue weighted by Crippen LogP contribution is -2.43. The van der Waals surface area contributed by atoms with E-state index in [1.165, 1.54) is 4.90 Å². The Bertz CT molecular complexity index is 1310. The number of hydrogen-bond acceptors (Lipinski definition) is 4. The molecule has 3 aromatic rings. The van der Waals surface area contributed by atoms with Gasteiger partial charge in [-0.1, -0.05) is 72.8 Å². The number of fused-ring (bicyclic) bond motifs is 5. The van der Waals surface area contributed by atoms with Crippen LogP contribution in [-0.4, -0.2) is 29.2 Å². The van der Waals surface area contributed by atoms with Gasteiger partial charge in [0.15, 0.2) is 0 Å². The standard InChI is InChI=1S/C31H28N2O4/c34-27(19-33-30(35)28-23-13-14-24(17-23)29(28)31(33)36)32(25-9-5-2-6-10-25)18-21-11-15-26(16-12-21)37-20-22-7-3-1-4-8-22/h1-16,23-24,28-29H,17-20H2. The van der Waals surface area contributed by atoms with Crippen LogP contribution < -0.4 is 9.64 Å². The van der Waals surface area contributed by atoms with E-state index in [-0.39, 0.29) is 47.9 Å². The highest BCUT2D eigenvalue weighted by atomic mass is 16.5. The number of carbonyl (C=O) groups excluding carboxylic acids is 3. The third-order valence-corrected chi connectivity index (χ3v) is 7.74. The molecule has 2 fully saturated rings. The van der Waals surface area contributed by atoms with Crippen LogP contribution in [0.4, 0.5) is 5.69 Å². The first-order chi connectivity index (χ1) is 18.1. The summed E-state index contributed by atoms with van der Waals surface area (Å²) in [6, 6.07) is 27.0. The molecule has 0 aromatic heterocycles. The Morgan fingerprint density at radius 3 is 2.00 bits per heavy atom. The fourth-order valence-electron chi connectivity index (χ4n) is 5.89. The zero-order valence-corrected chi connectivity index (χ0v) is 20.4. The van der Waals surface area contributed by atoms with Gasteiger partial charge < -0.3 is 9.64 Å². The van der Waals surface area contributed by atoms with Crippen LogP contribution in [0.3, 0.4) is 0 Å². The van der Waals surface area contributed by atoms with Crippen molar-refractivity contribution in [2.45, 2.75) is 19.6 Å². The van der Waals surface area contributed by atoms with Crippen molar-refractivity contribution in [3.05, 3.63) is 108 Å². The number of carbonyl (C=O) groups is 3. The van der Waals surface area contributed by atoms with Crippen molar-refractivity contribution in [2.75, 3.05) is 11.4 Å². The topological polar surface area (TPSA) is 66.9 Å². The maximum atomic E-state index is 13.6. The summed E-state index contributed by atoms with van der Waals surface area (Å²) in [5.41, 5.74) is 2.73. The number of imide groups is 1. The third kappa shape index (κ3) is 4.44. The normalized spacial score (nSPS) is 23.4. The van der Waals surface area contributed by atoms with E-state index in [2.05, 4.69) is 12.2 Å². The molecule has 2 aliphatic carbocycles. The van der Waals surface area contributed by atoms with Gasteiger partial charge in [0.05, 0.1) is 18.4 Å². The van der Waals surface area contributed by atoms with E-state index in [0.29, 0.717) is 13.2 Å². The number of rotatable bonds is 8. The van der Waals surface area contributed by atoms with Crippen LogP contribution in [-0.2, 0) is 27.5 Å². The molecule has 37 heavy (non-hydrogen) atoms. The highest BCUT2D eigenvalue weighted by Crippen LogP contribution is 2.52. The molecule has 3 amide bonds. The van der Waals surface area contributed by atoms with Gasteiger partial charge in [-0.25, -0.2) is 0 Å². The van der Waals surface area contributed by atoms with Gasteiger partial charge in [0, 0.05) is 5.69 Å². The quantitative estimate of drug-likeness (QED) is 0.340. The predicted molar refractivity (Wildman–Crippen MR) is 139 cm³/mol. The SMILES string of the molecule is O=C1C2C3C=CC(C3)C2C(=O)N1CC(=O)N(Cc1ccc(OCc2ccccc2)cc1)c1ccccc1. The number of para-hydroxylation sites is 1. The summed E-state index contributed by atoms with van der Waals surface area (Å²) in [7, 11) is 0. The lowest BCUT2D eigenvalue weighted by molar-refractivity contribution is -0.143. The third-order valence-electron chi connectivity index (χ3n) is 7.74. The van der Waals surface area contributed by atoms with Gasteiger partial charge in [0.25, 0.3) is 0 Å². The number of anilines is 1. The molecule has 1 saturated heterocycles. The molecule has 0 N–H and O–H groups in total. The number of ether oxygens (including phenoxy) is 1. The minimum absolute atomic E-state index is 0.124. The van der Waals surface area contributed by atoms with Crippen molar-refractivity contribution in [3.63, 3.8) is 0 Å². The van der Waals surface area contributed by atoms with Crippen LogP contribution in [0.5, 0.6) is 5.75 Å². The van der Waals surface area contributed by atoms with E-state index in [0.717, 1.165) is 29.0 Å². The monoisotopic (exact) mass is 492 g/mol. The lowest BCUT2D eigenvalue weighted by atomic mass is 9.85. The van der Waals surface area contributed by atoms with Crippen molar-refractivity contribution >= 4 is 23.4 Å². The molecular weight excluding hydrogens is 464 g/mol. The largest absolute Gasteiger partial charge is 0.489 e. The number of hydrogen-bond donors (Lipinski definition) is 0. The summed E-state index contributed by atoms with van der Waals surface area (Å²) >= 11 is 0. The second-order valence-corrected chi connectivity index (χ2v) is 10.00. The van der Waals surface area contributed by atoms with E-state index in [4.69, 9.17) is 4.74 Å². The fraction of sp³-hybridized carbons (Fsp3) is 0.258. The van der Waals surface area contributed by atoms with E-state index >= 15 is 0 Å². The molecule has 0 radical (unpaired) electrons. The zero-order valence-electron chi connectivity index (χ0n) is 20.4. The molecule has 1 aliphatic heterocycles. The van der Waals surface area contributed by atoms with E-state index in [1.807, 2.05) is 84.9 Å². The summed E-state index contributed by atoms with van der Waals surface area (Å²) in [6.45, 7) is 0.556. The number of nitrogens with zero attached hydrogens (tertiary/aromatic N) is 2. The van der Waals surface area contributed by atoms with Crippen LogP contribution >= 0.6 is 0 Å². The Kier molecular flexibility index (Phi) is 6.08. The molecule has 0 spiro atoms. The average Bonchev–Trinajstić information content (AvgIpc) is 3.62. The maximum absolute atomic E-state index is 13.6. The van der Waals surface area contributed by atoms with Gasteiger partial charge in [0.1, 0.15) is 18.9 Å². The minimum atomic E-state index is -0.302. The summed E-state index contributed by atoms with van der Waals surface area (Å²) in [6.07, 6.45) is 4.99. The highest BCUT2D eigenvalue weighted by molar-refractivity contribution is 6.10. The lowest BCUT2D eigenvalue weighted by Gasteiger charge is -2.26. The zero-order chi connectivity index (χ0) is 25.4. The van der Waals surface area contributed by atoms with Crippen LogP contribution in [0.1, 0.15) is 17.5 Å². The van der Waals surface area contributed by atoms with Crippen molar-refractivity contribution in [1.29, 1.82) is 0 Å². The van der Waals surface area contributed by atoms with Gasteiger partial charge in [-0.3, -0.25) is 19.3 Å². The van der Waals surface area contributed by atoms with E-state index in [9.17, 15) is 14.4 Å². The Morgan fingerprint density at radius 1 is 0.784 bits per heavy atom. The number of amides is 3. The molecule has 2 bridgehead atoms. The first kappa shape index (κ1) is 23.2. The molecule has 3 aromatic carbocycles. The number of benzene rings is 3. The van der Waals surface area contributed by atoms with E-state index in [1.54, 1.807) is 4.90 Å². The molecule has 1 heterocycles. The van der Waals surface area contributed by atoms with Crippen LogP contribution in [0.25, 0.3) is 0 Å². The van der Waals surface area contributed by atoms with Crippen LogP contribution in [0.15, 0.2) is 97.1 Å². The first-order valence-electron chi connectivity index (χ1n) is 12.7. The van der Waals surface area contributed by atoms with E-state index < -0.39 is 0 Å².